The lowest BCUT2D eigenvalue weighted by atomic mass is 9.96. The van der Waals surface area contributed by atoms with Crippen molar-refractivity contribution in [1.29, 1.82) is 0 Å². The first kappa shape index (κ1) is 13.8. The lowest BCUT2D eigenvalue weighted by Gasteiger charge is -2.36. The Morgan fingerprint density at radius 1 is 1.44 bits per heavy atom. The Bertz CT molecular complexity index is 422. The molecule has 4 heteroatoms. The van der Waals surface area contributed by atoms with Gasteiger partial charge in [-0.05, 0) is 52.9 Å². The third-order valence-corrected chi connectivity index (χ3v) is 4.29. The first-order valence-electron chi connectivity index (χ1n) is 6.39. The lowest BCUT2D eigenvalue weighted by molar-refractivity contribution is 0.0970. The number of aliphatic hydroxyl groups excluding tert-OH is 2. The van der Waals surface area contributed by atoms with Crippen LogP contribution < -0.4 is 4.90 Å². The average molecular weight is 314 g/mol. The van der Waals surface area contributed by atoms with Crippen LogP contribution in [0.2, 0.25) is 0 Å². The van der Waals surface area contributed by atoms with E-state index in [1.54, 1.807) is 6.92 Å². The topological polar surface area (TPSA) is 43.7 Å². The first-order valence-corrected chi connectivity index (χ1v) is 7.19. The quantitative estimate of drug-likeness (QED) is 0.882. The molecule has 0 radical (unpaired) electrons. The highest BCUT2D eigenvalue weighted by Crippen LogP contribution is 2.32. The summed E-state index contributed by atoms with van der Waals surface area (Å²) in [5.74, 6) is 0.294. The van der Waals surface area contributed by atoms with E-state index in [4.69, 9.17) is 0 Å². The summed E-state index contributed by atoms with van der Waals surface area (Å²) in [7, 11) is 0. The van der Waals surface area contributed by atoms with Gasteiger partial charge in [0.15, 0.2) is 0 Å². The van der Waals surface area contributed by atoms with Crippen LogP contribution in [0.25, 0.3) is 0 Å². The molecule has 3 atom stereocenters. The summed E-state index contributed by atoms with van der Waals surface area (Å²) in [6, 6.07) is 5.96. The molecule has 1 aliphatic heterocycles. The van der Waals surface area contributed by atoms with Gasteiger partial charge in [-0.2, -0.15) is 0 Å². The Labute approximate surface area is 117 Å². The van der Waals surface area contributed by atoms with Crippen LogP contribution in [0.15, 0.2) is 22.7 Å². The molecule has 0 aromatic heterocycles. The van der Waals surface area contributed by atoms with Crippen LogP contribution in [-0.4, -0.2) is 29.4 Å². The second-order valence-electron chi connectivity index (χ2n) is 5.17. The fraction of sp³-hybridized carbons (Fsp3) is 0.571. The maximum atomic E-state index is 9.76. The molecule has 2 rings (SSSR count). The van der Waals surface area contributed by atoms with Crippen LogP contribution in [0.5, 0.6) is 0 Å². The minimum absolute atomic E-state index is 0.184. The summed E-state index contributed by atoms with van der Waals surface area (Å²) in [4.78, 5) is 2.29. The smallest absolute Gasteiger partial charge is 0.0762 e. The van der Waals surface area contributed by atoms with Crippen molar-refractivity contribution >= 4 is 21.6 Å². The SMILES string of the molecule is CC1CN(c2ccc([C@@H](C)O)cc2Br)CCC1O. The molecule has 1 aliphatic rings. The van der Waals surface area contributed by atoms with E-state index in [9.17, 15) is 10.2 Å². The van der Waals surface area contributed by atoms with Crippen LogP contribution in [0, 0.1) is 5.92 Å². The van der Waals surface area contributed by atoms with Crippen LogP contribution in [0.1, 0.15) is 31.9 Å². The van der Waals surface area contributed by atoms with E-state index in [-0.39, 0.29) is 6.10 Å². The van der Waals surface area contributed by atoms with E-state index >= 15 is 0 Å². The summed E-state index contributed by atoms with van der Waals surface area (Å²) in [6.07, 6.45) is 0.181. The molecule has 1 heterocycles. The van der Waals surface area contributed by atoms with Crippen LogP contribution in [0.4, 0.5) is 5.69 Å². The molecule has 1 saturated heterocycles. The van der Waals surface area contributed by atoms with Gasteiger partial charge in [0.05, 0.1) is 17.9 Å². The lowest BCUT2D eigenvalue weighted by Crippen LogP contribution is -2.42. The van der Waals surface area contributed by atoms with E-state index in [1.165, 1.54) is 0 Å². The van der Waals surface area contributed by atoms with Crippen LogP contribution >= 0.6 is 15.9 Å². The highest BCUT2D eigenvalue weighted by molar-refractivity contribution is 9.10. The molecule has 3 nitrogen and oxygen atoms in total. The number of halogens is 1. The van der Waals surface area contributed by atoms with Crippen molar-refractivity contribution in [3.63, 3.8) is 0 Å². The number of benzene rings is 1. The molecule has 0 saturated carbocycles. The van der Waals surface area contributed by atoms with Crippen molar-refractivity contribution in [1.82, 2.24) is 0 Å². The molecule has 100 valence electrons. The Balaban J connectivity index is 2.19. The van der Waals surface area contributed by atoms with Gasteiger partial charge in [-0.1, -0.05) is 13.0 Å². The van der Waals surface area contributed by atoms with Crippen molar-refractivity contribution in [3.05, 3.63) is 28.2 Å². The van der Waals surface area contributed by atoms with Gasteiger partial charge in [-0.25, -0.2) is 0 Å². The van der Waals surface area contributed by atoms with Crippen LogP contribution in [0.3, 0.4) is 0 Å². The molecule has 18 heavy (non-hydrogen) atoms. The number of nitrogens with zero attached hydrogens (tertiary/aromatic N) is 1. The normalized spacial score (nSPS) is 26.2. The molecule has 2 unspecified atom stereocenters. The minimum Gasteiger partial charge on any atom is -0.393 e. The maximum Gasteiger partial charge on any atom is 0.0762 e. The van der Waals surface area contributed by atoms with Crippen molar-refractivity contribution < 1.29 is 10.2 Å². The number of hydrogen-bond acceptors (Lipinski definition) is 3. The minimum atomic E-state index is -0.447. The molecule has 0 amide bonds. The van der Waals surface area contributed by atoms with E-state index in [1.807, 2.05) is 18.2 Å². The van der Waals surface area contributed by atoms with Gasteiger partial charge in [0.1, 0.15) is 0 Å². The molecule has 0 aliphatic carbocycles. The van der Waals surface area contributed by atoms with Gasteiger partial charge in [0, 0.05) is 17.6 Å². The fourth-order valence-corrected chi connectivity index (χ4v) is 3.04. The Kier molecular flexibility index (Phi) is 4.30. The number of piperidine rings is 1. The zero-order valence-corrected chi connectivity index (χ0v) is 12.4. The highest BCUT2D eigenvalue weighted by Gasteiger charge is 2.25. The van der Waals surface area contributed by atoms with Crippen molar-refractivity contribution in [2.24, 2.45) is 5.92 Å². The summed E-state index contributed by atoms with van der Waals surface area (Å²) >= 11 is 3.57. The fourth-order valence-electron chi connectivity index (χ4n) is 2.39. The zero-order chi connectivity index (χ0) is 13.3. The Hall–Kier alpha value is -0.580. The van der Waals surface area contributed by atoms with E-state index in [0.29, 0.717) is 5.92 Å². The van der Waals surface area contributed by atoms with Crippen molar-refractivity contribution in [2.75, 3.05) is 18.0 Å². The summed E-state index contributed by atoms with van der Waals surface area (Å²) < 4.78 is 1.00. The van der Waals surface area contributed by atoms with Gasteiger partial charge < -0.3 is 15.1 Å². The average Bonchev–Trinajstić information content (AvgIpc) is 2.32. The second-order valence-corrected chi connectivity index (χ2v) is 6.02. The van der Waals surface area contributed by atoms with E-state index in [0.717, 1.165) is 35.2 Å². The maximum absolute atomic E-state index is 9.76. The molecule has 0 spiro atoms. The molecule has 1 aromatic carbocycles. The molecule has 2 N–H and O–H groups in total. The summed E-state index contributed by atoms with van der Waals surface area (Å²) in [5, 5.41) is 19.3. The van der Waals surface area contributed by atoms with Gasteiger partial charge >= 0.3 is 0 Å². The largest absolute Gasteiger partial charge is 0.393 e. The van der Waals surface area contributed by atoms with Gasteiger partial charge in [-0.3, -0.25) is 0 Å². The van der Waals surface area contributed by atoms with Gasteiger partial charge in [-0.15, -0.1) is 0 Å². The predicted octanol–water partition coefficient (Wildman–Crippen LogP) is 2.71. The summed E-state index contributed by atoms with van der Waals surface area (Å²) in [5.41, 5.74) is 2.05. The Morgan fingerprint density at radius 2 is 2.17 bits per heavy atom. The second kappa shape index (κ2) is 5.59. The number of hydrogen-bond donors (Lipinski definition) is 2. The molecule has 0 bridgehead atoms. The van der Waals surface area contributed by atoms with Gasteiger partial charge in [0.25, 0.3) is 0 Å². The van der Waals surface area contributed by atoms with E-state index in [2.05, 4.69) is 27.8 Å². The highest BCUT2D eigenvalue weighted by atomic mass is 79.9. The Morgan fingerprint density at radius 3 is 2.72 bits per heavy atom. The molecule has 1 aromatic rings. The standard InChI is InChI=1S/C14H20BrNO2/c1-9-8-16(6-5-14(9)18)13-4-3-11(10(2)17)7-12(13)15/h3-4,7,9-10,14,17-18H,5-6,8H2,1-2H3/t9?,10-,14?/m1/s1. The number of rotatable bonds is 2. The zero-order valence-electron chi connectivity index (χ0n) is 10.8. The predicted molar refractivity (Wildman–Crippen MR) is 76.8 cm³/mol. The van der Waals surface area contributed by atoms with E-state index < -0.39 is 6.10 Å². The van der Waals surface area contributed by atoms with Gasteiger partial charge in [0.2, 0.25) is 0 Å². The van der Waals surface area contributed by atoms with Crippen molar-refractivity contribution in [2.45, 2.75) is 32.5 Å². The van der Waals surface area contributed by atoms with Crippen molar-refractivity contribution in [3.8, 4) is 0 Å². The summed E-state index contributed by atoms with van der Waals surface area (Å²) in [6.45, 7) is 5.58. The number of anilines is 1. The van der Waals surface area contributed by atoms with Crippen LogP contribution in [-0.2, 0) is 0 Å². The molecular formula is C14H20BrNO2. The third-order valence-electron chi connectivity index (χ3n) is 3.65. The monoisotopic (exact) mass is 313 g/mol. The molecule has 1 fully saturated rings. The third kappa shape index (κ3) is 2.87. The number of aliphatic hydroxyl groups is 2. The molecular weight excluding hydrogens is 294 g/mol. The first-order chi connectivity index (χ1) is 8.49.